The van der Waals surface area contributed by atoms with E-state index in [0.717, 1.165) is 11.1 Å². The van der Waals surface area contributed by atoms with Crippen LogP contribution in [-0.4, -0.2) is 33.2 Å². The van der Waals surface area contributed by atoms with Crippen LogP contribution < -0.4 is 15.6 Å². The number of nitrogens with zero attached hydrogens (tertiary/aromatic N) is 3. The largest absolute Gasteiger partial charge is 0.483 e. The summed E-state index contributed by atoms with van der Waals surface area (Å²) in [6.07, 6.45) is 3.88. The van der Waals surface area contributed by atoms with Gasteiger partial charge in [-0.1, -0.05) is 48.5 Å². The number of ether oxygens (including phenoxy) is 1. The number of carbonyl (C=O) groups is 2. The van der Waals surface area contributed by atoms with Crippen molar-refractivity contribution in [2.45, 2.75) is 19.4 Å². The Hall–Kier alpha value is -3.68. The predicted octanol–water partition coefficient (Wildman–Crippen LogP) is 1.95. The molecule has 0 spiro atoms. The maximum absolute atomic E-state index is 12.0. The minimum atomic E-state index is -0.438. The van der Waals surface area contributed by atoms with E-state index in [2.05, 4.69) is 20.9 Å². The molecule has 0 aliphatic rings. The van der Waals surface area contributed by atoms with Crippen LogP contribution in [0, 0.1) is 0 Å². The quantitative estimate of drug-likeness (QED) is 0.583. The highest BCUT2D eigenvalue weighted by Crippen LogP contribution is 2.29. The fourth-order valence-corrected chi connectivity index (χ4v) is 2.58. The van der Waals surface area contributed by atoms with Crippen LogP contribution >= 0.6 is 0 Å². The molecular weight excluding hydrogens is 358 g/mol. The number of benzene rings is 2. The van der Waals surface area contributed by atoms with E-state index in [-0.39, 0.29) is 18.9 Å². The topological polar surface area (TPSA) is 98.1 Å². The molecule has 0 bridgehead atoms. The monoisotopic (exact) mass is 379 g/mol. The normalized spacial score (nSPS) is 10.3. The Labute approximate surface area is 162 Å². The van der Waals surface area contributed by atoms with Crippen LogP contribution in [0.25, 0.3) is 11.1 Å². The van der Waals surface area contributed by atoms with Gasteiger partial charge >= 0.3 is 0 Å². The minimum Gasteiger partial charge on any atom is -0.483 e. The molecule has 3 aromatic rings. The van der Waals surface area contributed by atoms with Crippen molar-refractivity contribution in [2.75, 3.05) is 6.61 Å². The summed E-state index contributed by atoms with van der Waals surface area (Å²) in [6, 6.07) is 17.3. The molecule has 0 saturated carbocycles. The predicted molar refractivity (Wildman–Crippen MR) is 103 cm³/mol. The van der Waals surface area contributed by atoms with Gasteiger partial charge < -0.3 is 4.74 Å². The Morgan fingerprint density at radius 2 is 1.71 bits per heavy atom. The Balaban J connectivity index is 1.42. The van der Waals surface area contributed by atoms with Crippen LogP contribution in [-0.2, 0) is 16.1 Å². The van der Waals surface area contributed by atoms with Crippen LogP contribution in [0.4, 0.5) is 0 Å². The lowest BCUT2D eigenvalue weighted by Gasteiger charge is -2.12. The number of rotatable bonds is 8. The van der Waals surface area contributed by atoms with Crippen molar-refractivity contribution >= 4 is 11.8 Å². The van der Waals surface area contributed by atoms with Crippen molar-refractivity contribution < 1.29 is 14.3 Å². The molecule has 2 amide bonds. The molecule has 2 N–H and O–H groups in total. The second-order valence-corrected chi connectivity index (χ2v) is 6.01. The van der Waals surface area contributed by atoms with E-state index in [9.17, 15) is 9.59 Å². The third-order valence-electron chi connectivity index (χ3n) is 3.93. The van der Waals surface area contributed by atoms with E-state index in [0.29, 0.717) is 18.7 Å². The zero-order valence-corrected chi connectivity index (χ0v) is 15.2. The number of aryl methyl sites for hydroxylation is 1. The lowest BCUT2D eigenvalue weighted by atomic mass is 10.1. The molecule has 0 saturated heterocycles. The van der Waals surface area contributed by atoms with E-state index in [1.54, 1.807) is 17.1 Å². The minimum absolute atomic E-state index is 0.205. The van der Waals surface area contributed by atoms with E-state index >= 15 is 0 Å². The average molecular weight is 379 g/mol. The van der Waals surface area contributed by atoms with E-state index in [1.165, 1.54) is 6.33 Å². The molecule has 3 rings (SSSR count). The molecule has 0 aliphatic carbocycles. The van der Waals surface area contributed by atoms with Crippen LogP contribution in [0.2, 0.25) is 0 Å². The van der Waals surface area contributed by atoms with Crippen molar-refractivity contribution in [3.05, 3.63) is 67.3 Å². The molecule has 144 valence electrons. The summed E-state index contributed by atoms with van der Waals surface area (Å²) >= 11 is 0. The second-order valence-electron chi connectivity index (χ2n) is 6.01. The Morgan fingerprint density at radius 1 is 0.964 bits per heavy atom. The lowest BCUT2D eigenvalue weighted by molar-refractivity contribution is -0.130. The van der Waals surface area contributed by atoms with Gasteiger partial charge in [-0.15, -0.1) is 0 Å². The van der Waals surface area contributed by atoms with Crippen LogP contribution in [0.5, 0.6) is 5.75 Å². The average Bonchev–Trinajstić information content (AvgIpc) is 3.25. The van der Waals surface area contributed by atoms with E-state index < -0.39 is 5.91 Å². The third kappa shape index (κ3) is 5.66. The molecule has 1 heterocycles. The lowest BCUT2D eigenvalue weighted by Crippen LogP contribution is -2.43. The highest BCUT2D eigenvalue weighted by Gasteiger charge is 2.09. The van der Waals surface area contributed by atoms with Gasteiger partial charge in [-0.05, 0) is 18.1 Å². The molecule has 8 heteroatoms. The maximum atomic E-state index is 12.0. The smallest absolute Gasteiger partial charge is 0.276 e. The molecule has 0 atom stereocenters. The number of hydrogen-bond donors (Lipinski definition) is 2. The number of hydrogen-bond acceptors (Lipinski definition) is 5. The van der Waals surface area contributed by atoms with Crippen molar-refractivity contribution in [3.8, 4) is 16.9 Å². The summed E-state index contributed by atoms with van der Waals surface area (Å²) < 4.78 is 7.28. The van der Waals surface area contributed by atoms with Gasteiger partial charge in [0.05, 0.1) is 0 Å². The number of aromatic nitrogens is 3. The van der Waals surface area contributed by atoms with Crippen molar-refractivity contribution in [1.29, 1.82) is 0 Å². The summed E-state index contributed by atoms with van der Waals surface area (Å²) in [5.74, 6) is -0.117. The van der Waals surface area contributed by atoms with Crippen molar-refractivity contribution in [2.24, 2.45) is 0 Å². The summed E-state index contributed by atoms with van der Waals surface area (Å²) in [5, 5.41) is 3.96. The van der Waals surface area contributed by atoms with Crippen molar-refractivity contribution in [1.82, 2.24) is 25.6 Å². The first-order valence-corrected chi connectivity index (χ1v) is 8.90. The number of amides is 2. The number of para-hydroxylation sites is 1. The van der Waals surface area contributed by atoms with Gasteiger partial charge in [0.1, 0.15) is 18.4 Å². The third-order valence-corrected chi connectivity index (χ3v) is 3.93. The van der Waals surface area contributed by atoms with Crippen LogP contribution in [0.3, 0.4) is 0 Å². The van der Waals surface area contributed by atoms with E-state index in [4.69, 9.17) is 4.74 Å². The highest BCUT2D eigenvalue weighted by atomic mass is 16.5. The van der Waals surface area contributed by atoms with Gasteiger partial charge in [-0.2, -0.15) is 5.10 Å². The van der Waals surface area contributed by atoms with Gasteiger partial charge in [0.2, 0.25) is 5.91 Å². The van der Waals surface area contributed by atoms with Gasteiger partial charge in [0.25, 0.3) is 5.91 Å². The SMILES string of the molecule is O=C(CCCn1cncn1)NNC(=O)COc1ccccc1-c1ccccc1. The van der Waals surface area contributed by atoms with Crippen LogP contribution in [0.1, 0.15) is 12.8 Å². The molecule has 0 aliphatic heterocycles. The summed E-state index contributed by atoms with van der Waals surface area (Å²) in [5.41, 5.74) is 6.63. The maximum Gasteiger partial charge on any atom is 0.276 e. The first-order valence-electron chi connectivity index (χ1n) is 8.90. The number of carbonyl (C=O) groups excluding carboxylic acids is 2. The first-order chi connectivity index (χ1) is 13.7. The van der Waals surface area contributed by atoms with Gasteiger partial charge in [-0.3, -0.25) is 25.1 Å². The summed E-state index contributed by atoms with van der Waals surface area (Å²) in [6.45, 7) is 0.379. The van der Waals surface area contributed by atoms with E-state index in [1.807, 2.05) is 48.5 Å². The fourth-order valence-electron chi connectivity index (χ4n) is 2.58. The fraction of sp³-hybridized carbons (Fsp3) is 0.200. The molecule has 0 unspecified atom stereocenters. The molecular formula is C20H21N5O3. The Kier molecular flexibility index (Phi) is 6.73. The molecule has 0 fully saturated rings. The molecule has 1 aromatic heterocycles. The number of nitrogens with one attached hydrogen (secondary N) is 2. The molecule has 0 radical (unpaired) electrons. The number of hydrazine groups is 1. The zero-order chi connectivity index (χ0) is 19.6. The highest BCUT2D eigenvalue weighted by molar-refractivity contribution is 5.83. The summed E-state index contributed by atoms with van der Waals surface area (Å²) in [7, 11) is 0. The first kappa shape index (κ1) is 19.1. The Morgan fingerprint density at radius 3 is 2.50 bits per heavy atom. The van der Waals surface area contributed by atoms with Crippen LogP contribution in [0.15, 0.2) is 67.3 Å². The molecule has 28 heavy (non-hydrogen) atoms. The summed E-state index contributed by atoms with van der Waals surface area (Å²) in [4.78, 5) is 27.6. The standard InChI is InChI=1S/C20H21N5O3/c26-19(11-6-12-25-15-21-14-22-25)23-24-20(27)13-28-18-10-5-4-9-17(18)16-7-2-1-3-8-16/h1-5,7-10,14-15H,6,11-13H2,(H,23,26)(H,24,27). The van der Waals surface area contributed by atoms with Gasteiger partial charge in [0.15, 0.2) is 6.61 Å². The Bertz CT molecular complexity index is 897. The molecule has 2 aromatic carbocycles. The van der Waals surface area contributed by atoms with Gasteiger partial charge in [-0.25, -0.2) is 4.98 Å². The van der Waals surface area contributed by atoms with Crippen molar-refractivity contribution in [3.63, 3.8) is 0 Å². The molecule has 8 nitrogen and oxygen atoms in total. The second kappa shape index (κ2) is 9.86. The zero-order valence-electron chi connectivity index (χ0n) is 15.2. The van der Waals surface area contributed by atoms with Gasteiger partial charge in [0, 0.05) is 18.5 Å².